The van der Waals surface area contributed by atoms with E-state index in [1.165, 1.54) is 39.5 Å². The molecule has 150 valence electrons. The summed E-state index contributed by atoms with van der Waals surface area (Å²) < 4.78 is 5.01. The minimum atomic E-state index is -0.374. The van der Waals surface area contributed by atoms with Gasteiger partial charge in [-0.05, 0) is 18.4 Å². The molecule has 1 aromatic rings. The van der Waals surface area contributed by atoms with Crippen molar-refractivity contribution in [1.82, 2.24) is 5.32 Å². The van der Waals surface area contributed by atoms with Gasteiger partial charge in [-0.2, -0.15) is 0 Å². The molecule has 0 saturated carbocycles. The lowest BCUT2D eigenvalue weighted by molar-refractivity contribution is -0.142. The van der Waals surface area contributed by atoms with Crippen molar-refractivity contribution in [3.05, 3.63) is 35.4 Å². The Morgan fingerprint density at radius 2 is 1.59 bits per heavy atom. The molecule has 1 amide bonds. The summed E-state index contributed by atoms with van der Waals surface area (Å²) in [6, 6.07) is 7.20. The smallest absolute Gasteiger partial charge is 0.302 e. The van der Waals surface area contributed by atoms with Crippen LogP contribution in [0.25, 0.3) is 0 Å². The number of nitrogens with one attached hydrogen (secondary N) is 1. The summed E-state index contributed by atoms with van der Waals surface area (Å²) in [6.07, 6.45) is 8.14. The number of rotatable bonds is 13. The molecule has 5 nitrogen and oxygen atoms in total. The van der Waals surface area contributed by atoms with Crippen LogP contribution >= 0.6 is 0 Å². The molecule has 0 aliphatic heterocycles. The SMILES string of the molecule is CCCCCCCCC(=O)c1ccc(C[C@@H](COC(C)=O)NC(C)=O)cc1. The third kappa shape index (κ3) is 10.5. The summed E-state index contributed by atoms with van der Waals surface area (Å²) in [5.41, 5.74) is 1.71. The maximum Gasteiger partial charge on any atom is 0.302 e. The van der Waals surface area contributed by atoms with Crippen molar-refractivity contribution in [3.63, 3.8) is 0 Å². The fraction of sp³-hybridized carbons (Fsp3) is 0.591. The Morgan fingerprint density at radius 1 is 0.963 bits per heavy atom. The number of esters is 1. The van der Waals surface area contributed by atoms with Crippen LogP contribution in [0.4, 0.5) is 0 Å². The van der Waals surface area contributed by atoms with Gasteiger partial charge in [0.2, 0.25) is 5.91 Å². The fourth-order valence-corrected chi connectivity index (χ4v) is 2.98. The van der Waals surface area contributed by atoms with Gasteiger partial charge in [0.15, 0.2) is 5.78 Å². The maximum atomic E-state index is 12.3. The highest BCUT2D eigenvalue weighted by Crippen LogP contribution is 2.13. The van der Waals surface area contributed by atoms with Crippen LogP contribution in [-0.2, 0) is 20.7 Å². The second-order valence-electron chi connectivity index (χ2n) is 7.04. The Morgan fingerprint density at radius 3 is 2.19 bits per heavy atom. The van der Waals surface area contributed by atoms with Gasteiger partial charge < -0.3 is 10.1 Å². The molecule has 0 saturated heterocycles. The third-order valence-corrected chi connectivity index (χ3v) is 4.41. The van der Waals surface area contributed by atoms with E-state index < -0.39 is 0 Å². The second kappa shape index (κ2) is 13.1. The van der Waals surface area contributed by atoms with Gasteiger partial charge >= 0.3 is 5.97 Å². The molecule has 0 aliphatic carbocycles. The molecule has 0 heterocycles. The summed E-state index contributed by atoms with van der Waals surface area (Å²) in [5, 5.41) is 2.79. The molecule has 0 fully saturated rings. The average molecular weight is 376 g/mol. The molecule has 1 atom stereocenters. The maximum absolute atomic E-state index is 12.3. The summed E-state index contributed by atoms with van der Waals surface area (Å²) in [7, 11) is 0. The monoisotopic (exact) mass is 375 g/mol. The number of carbonyl (C=O) groups is 3. The number of amides is 1. The molecule has 27 heavy (non-hydrogen) atoms. The van der Waals surface area contributed by atoms with Gasteiger partial charge in [-0.3, -0.25) is 14.4 Å². The Hall–Kier alpha value is -2.17. The summed E-state index contributed by atoms with van der Waals surface area (Å²) in [6.45, 7) is 5.11. The third-order valence-electron chi connectivity index (χ3n) is 4.41. The standard InChI is InChI=1S/C22H33NO4/c1-4-5-6-7-8-9-10-22(26)20-13-11-19(12-14-20)15-21(23-17(2)24)16-27-18(3)25/h11-14,21H,4-10,15-16H2,1-3H3,(H,23,24)/t21-/m0/s1. The van der Waals surface area contributed by atoms with Gasteiger partial charge in [0.05, 0.1) is 6.04 Å². The normalized spacial score (nSPS) is 11.7. The number of Topliss-reactive ketones (excluding diaryl/α,β-unsaturated/α-hetero) is 1. The molecule has 0 aliphatic rings. The van der Waals surface area contributed by atoms with Gasteiger partial charge in [-0.15, -0.1) is 0 Å². The van der Waals surface area contributed by atoms with Gasteiger partial charge in [0, 0.05) is 25.8 Å². The average Bonchev–Trinajstić information content (AvgIpc) is 2.62. The Balaban J connectivity index is 2.49. The number of unbranched alkanes of at least 4 members (excludes halogenated alkanes) is 5. The Labute approximate surface area is 162 Å². The topological polar surface area (TPSA) is 72.5 Å². The zero-order chi connectivity index (χ0) is 20.1. The molecule has 1 aromatic carbocycles. The first kappa shape index (κ1) is 22.9. The molecular formula is C22H33NO4. The van der Waals surface area contributed by atoms with Crippen LogP contribution in [0.1, 0.15) is 81.6 Å². The predicted molar refractivity (Wildman–Crippen MR) is 107 cm³/mol. The van der Waals surface area contributed by atoms with Crippen LogP contribution < -0.4 is 5.32 Å². The van der Waals surface area contributed by atoms with Gasteiger partial charge in [-0.1, -0.05) is 63.3 Å². The zero-order valence-corrected chi connectivity index (χ0v) is 16.9. The van der Waals surface area contributed by atoms with E-state index in [1.807, 2.05) is 24.3 Å². The van der Waals surface area contributed by atoms with Crippen molar-refractivity contribution in [2.45, 2.75) is 78.2 Å². The number of hydrogen-bond acceptors (Lipinski definition) is 4. The van der Waals surface area contributed by atoms with E-state index in [1.54, 1.807) is 0 Å². The predicted octanol–water partition coefficient (Wildman–Crippen LogP) is 4.23. The highest BCUT2D eigenvalue weighted by molar-refractivity contribution is 5.96. The summed E-state index contributed by atoms with van der Waals surface area (Å²) in [5.74, 6) is -0.366. The lowest BCUT2D eigenvalue weighted by Gasteiger charge is -2.17. The van der Waals surface area contributed by atoms with Crippen molar-refractivity contribution in [2.24, 2.45) is 0 Å². The van der Waals surface area contributed by atoms with Crippen LogP contribution in [0, 0.1) is 0 Å². The fourth-order valence-electron chi connectivity index (χ4n) is 2.98. The molecule has 0 bridgehead atoms. The van der Waals surface area contributed by atoms with Crippen LogP contribution in [-0.4, -0.2) is 30.3 Å². The van der Waals surface area contributed by atoms with E-state index >= 15 is 0 Å². The number of ketones is 1. The minimum Gasteiger partial charge on any atom is -0.464 e. The highest BCUT2D eigenvalue weighted by atomic mass is 16.5. The zero-order valence-electron chi connectivity index (χ0n) is 16.9. The van der Waals surface area contributed by atoms with Crippen molar-refractivity contribution < 1.29 is 19.1 Å². The van der Waals surface area contributed by atoms with E-state index in [-0.39, 0.29) is 30.3 Å². The molecule has 0 aromatic heterocycles. The van der Waals surface area contributed by atoms with E-state index in [0.29, 0.717) is 12.8 Å². The van der Waals surface area contributed by atoms with E-state index in [2.05, 4.69) is 12.2 Å². The number of ether oxygens (including phenoxy) is 1. The van der Waals surface area contributed by atoms with E-state index in [9.17, 15) is 14.4 Å². The van der Waals surface area contributed by atoms with Crippen molar-refractivity contribution in [3.8, 4) is 0 Å². The molecule has 1 rings (SSSR count). The van der Waals surface area contributed by atoms with Crippen LogP contribution in [0.15, 0.2) is 24.3 Å². The highest BCUT2D eigenvalue weighted by Gasteiger charge is 2.13. The number of carbonyl (C=O) groups excluding carboxylic acids is 3. The van der Waals surface area contributed by atoms with Crippen LogP contribution in [0.5, 0.6) is 0 Å². The lowest BCUT2D eigenvalue weighted by atomic mass is 10.00. The Kier molecular flexibility index (Phi) is 11.1. The van der Waals surface area contributed by atoms with Crippen LogP contribution in [0.3, 0.4) is 0 Å². The molecule has 0 spiro atoms. The summed E-state index contributed by atoms with van der Waals surface area (Å²) in [4.78, 5) is 34.6. The number of benzene rings is 1. The lowest BCUT2D eigenvalue weighted by Crippen LogP contribution is -2.39. The molecule has 1 N–H and O–H groups in total. The number of hydrogen-bond donors (Lipinski definition) is 1. The molecule has 5 heteroatoms. The van der Waals surface area contributed by atoms with Crippen molar-refractivity contribution in [2.75, 3.05) is 6.61 Å². The van der Waals surface area contributed by atoms with Crippen LogP contribution in [0.2, 0.25) is 0 Å². The Bertz CT molecular complexity index is 595. The minimum absolute atomic E-state index is 0.133. The molecular weight excluding hydrogens is 342 g/mol. The van der Waals surface area contributed by atoms with Crippen molar-refractivity contribution >= 4 is 17.7 Å². The molecule has 0 unspecified atom stereocenters. The van der Waals surface area contributed by atoms with Gasteiger partial charge in [0.1, 0.15) is 6.61 Å². The van der Waals surface area contributed by atoms with Crippen molar-refractivity contribution in [1.29, 1.82) is 0 Å². The quantitative estimate of drug-likeness (QED) is 0.318. The summed E-state index contributed by atoms with van der Waals surface area (Å²) >= 11 is 0. The molecule has 0 radical (unpaired) electrons. The first-order valence-corrected chi connectivity index (χ1v) is 9.95. The first-order chi connectivity index (χ1) is 12.9. The second-order valence-corrected chi connectivity index (χ2v) is 7.04. The van der Waals surface area contributed by atoms with Gasteiger partial charge in [-0.25, -0.2) is 0 Å². The van der Waals surface area contributed by atoms with E-state index in [4.69, 9.17) is 4.74 Å². The van der Waals surface area contributed by atoms with E-state index in [0.717, 1.165) is 24.0 Å². The first-order valence-electron chi connectivity index (χ1n) is 9.95. The van der Waals surface area contributed by atoms with Gasteiger partial charge in [0.25, 0.3) is 0 Å². The largest absolute Gasteiger partial charge is 0.464 e.